The number of aromatic nitrogens is 1. The fourth-order valence-corrected chi connectivity index (χ4v) is 2.46. The summed E-state index contributed by atoms with van der Waals surface area (Å²) in [5, 5.41) is 23.0. The van der Waals surface area contributed by atoms with Gasteiger partial charge in [0.25, 0.3) is 0 Å². The van der Waals surface area contributed by atoms with Gasteiger partial charge < -0.3 is 15.5 Å². The van der Waals surface area contributed by atoms with E-state index < -0.39 is 11.6 Å². The van der Waals surface area contributed by atoms with Crippen LogP contribution < -0.4 is 5.32 Å². The summed E-state index contributed by atoms with van der Waals surface area (Å²) in [6, 6.07) is 8.66. The second kappa shape index (κ2) is 4.76. The van der Waals surface area contributed by atoms with E-state index >= 15 is 0 Å². The van der Waals surface area contributed by atoms with Crippen molar-refractivity contribution >= 4 is 22.7 Å². The van der Waals surface area contributed by atoms with Crippen LogP contribution in [0.2, 0.25) is 0 Å². The number of rotatable bonds is 4. The molecule has 0 amide bonds. The minimum Gasteiger partial charge on any atom is -0.478 e. The van der Waals surface area contributed by atoms with Crippen LogP contribution in [0.1, 0.15) is 29.6 Å². The van der Waals surface area contributed by atoms with Crippen LogP contribution in [0.3, 0.4) is 0 Å². The van der Waals surface area contributed by atoms with Crippen LogP contribution in [-0.2, 0) is 0 Å². The lowest BCUT2D eigenvalue weighted by Crippen LogP contribution is -2.43. The van der Waals surface area contributed by atoms with Gasteiger partial charge in [0.1, 0.15) is 5.82 Å². The number of nitrogens with zero attached hydrogens (tertiary/aromatic N) is 1. The van der Waals surface area contributed by atoms with E-state index in [0.29, 0.717) is 23.3 Å². The molecular formula is C15H16N2O3. The molecule has 1 saturated carbocycles. The Hall–Kier alpha value is -2.14. The molecule has 3 rings (SSSR count). The van der Waals surface area contributed by atoms with Crippen LogP contribution in [0.15, 0.2) is 30.3 Å². The molecule has 1 aliphatic rings. The Labute approximate surface area is 116 Å². The summed E-state index contributed by atoms with van der Waals surface area (Å²) in [5.41, 5.74) is 0.186. The quantitative estimate of drug-likeness (QED) is 0.795. The molecule has 1 aliphatic carbocycles. The number of nitrogens with one attached hydrogen (secondary N) is 1. The number of hydrogen-bond donors (Lipinski definition) is 3. The number of anilines is 1. The van der Waals surface area contributed by atoms with Crippen molar-refractivity contribution in [2.24, 2.45) is 0 Å². The molecule has 3 N–H and O–H groups in total. The molecule has 0 atom stereocenters. The predicted molar refractivity (Wildman–Crippen MR) is 76.0 cm³/mol. The van der Waals surface area contributed by atoms with Crippen LogP contribution in [0, 0.1) is 0 Å². The summed E-state index contributed by atoms with van der Waals surface area (Å²) < 4.78 is 0. The van der Waals surface area contributed by atoms with Gasteiger partial charge in [-0.05, 0) is 31.4 Å². The van der Waals surface area contributed by atoms with Gasteiger partial charge in [-0.2, -0.15) is 0 Å². The molecule has 2 aromatic rings. The van der Waals surface area contributed by atoms with Crippen molar-refractivity contribution in [1.29, 1.82) is 0 Å². The van der Waals surface area contributed by atoms with Crippen molar-refractivity contribution in [2.75, 3.05) is 11.9 Å². The Morgan fingerprint density at radius 2 is 2.10 bits per heavy atom. The van der Waals surface area contributed by atoms with Crippen molar-refractivity contribution in [3.8, 4) is 0 Å². The fourth-order valence-electron chi connectivity index (χ4n) is 2.46. The zero-order valence-electron chi connectivity index (χ0n) is 11.0. The van der Waals surface area contributed by atoms with Crippen molar-refractivity contribution in [2.45, 2.75) is 24.9 Å². The molecule has 20 heavy (non-hydrogen) atoms. The molecule has 1 aromatic heterocycles. The van der Waals surface area contributed by atoms with Crippen LogP contribution >= 0.6 is 0 Å². The minimum absolute atomic E-state index is 0.221. The smallest absolute Gasteiger partial charge is 0.336 e. The van der Waals surface area contributed by atoms with Crippen molar-refractivity contribution in [3.63, 3.8) is 0 Å². The number of fused-ring (bicyclic) bond motifs is 1. The SMILES string of the molecule is O=C(O)c1cc(NCC2(O)CCC2)nc2ccccc12. The number of aromatic carboxylic acids is 1. The Morgan fingerprint density at radius 1 is 1.35 bits per heavy atom. The molecule has 5 nitrogen and oxygen atoms in total. The number of carboxylic acids is 1. The van der Waals surface area contributed by atoms with E-state index in [1.165, 1.54) is 6.07 Å². The predicted octanol–water partition coefficient (Wildman–Crippen LogP) is 2.26. The average molecular weight is 272 g/mol. The van der Waals surface area contributed by atoms with Crippen LogP contribution in [0.4, 0.5) is 5.82 Å². The summed E-state index contributed by atoms with van der Waals surface area (Å²) in [4.78, 5) is 15.7. The average Bonchev–Trinajstić information content (AvgIpc) is 2.42. The lowest BCUT2D eigenvalue weighted by molar-refractivity contribution is -0.0202. The molecular weight excluding hydrogens is 256 g/mol. The van der Waals surface area contributed by atoms with E-state index in [-0.39, 0.29) is 5.56 Å². The van der Waals surface area contributed by atoms with Gasteiger partial charge in [-0.25, -0.2) is 9.78 Å². The van der Waals surface area contributed by atoms with Gasteiger partial charge in [-0.1, -0.05) is 18.2 Å². The molecule has 0 spiro atoms. The van der Waals surface area contributed by atoms with Crippen LogP contribution in [0.25, 0.3) is 10.9 Å². The Kier molecular flexibility index (Phi) is 3.06. The van der Waals surface area contributed by atoms with Crippen LogP contribution in [0.5, 0.6) is 0 Å². The molecule has 5 heteroatoms. The fraction of sp³-hybridized carbons (Fsp3) is 0.333. The number of benzene rings is 1. The summed E-state index contributed by atoms with van der Waals surface area (Å²) >= 11 is 0. The van der Waals surface area contributed by atoms with E-state index in [2.05, 4.69) is 10.3 Å². The normalized spacial score (nSPS) is 16.6. The van der Waals surface area contributed by atoms with Gasteiger partial charge in [-0.15, -0.1) is 0 Å². The van der Waals surface area contributed by atoms with E-state index in [1.807, 2.05) is 6.07 Å². The monoisotopic (exact) mass is 272 g/mol. The van der Waals surface area contributed by atoms with Gasteiger partial charge in [0.05, 0.1) is 16.7 Å². The molecule has 1 fully saturated rings. The number of aliphatic hydroxyl groups is 1. The lowest BCUT2D eigenvalue weighted by atomic mass is 9.80. The van der Waals surface area contributed by atoms with Gasteiger partial charge in [0.15, 0.2) is 0 Å². The highest BCUT2D eigenvalue weighted by molar-refractivity contribution is 6.03. The number of carbonyl (C=O) groups is 1. The maximum atomic E-state index is 11.3. The number of pyridine rings is 1. The first-order chi connectivity index (χ1) is 9.57. The molecule has 0 unspecified atom stereocenters. The summed E-state index contributed by atoms with van der Waals surface area (Å²) in [7, 11) is 0. The zero-order chi connectivity index (χ0) is 14.2. The number of hydrogen-bond acceptors (Lipinski definition) is 4. The first kappa shape index (κ1) is 12.9. The Bertz CT molecular complexity index is 665. The Morgan fingerprint density at radius 3 is 2.75 bits per heavy atom. The summed E-state index contributed by atoms with van der Waals surface area (Å²) in [6.45, 7) is 0.400. The third-order valence-corrected chi connectivity index (χ3v) is 3.83. The molecule has 1 aromatic carbocycles. The van der Waals surface area contributed by atoms with Gasteiger partial charge in [0.2, 0.25) is 0 Å². The largest absolute Gasteiger partial charge is 0.478 e. The van der Waals surface area contributed by atoms with Crippen molar-refractivity contribution < 1.29 is 15.0 Å². The van der Waals surface area contributed by atoms with E-state index in [1.54, 1.807) is 18.2 Å². The van der Waals surface area contributed by atoms with Crippen molar-refractivity contribution in [1.82, 2.24) is 4.98 Å². The Balaban J connectivity index is 1.93. The first-order valence-corrected chi connectivity index (χ1v) is 6.67. The molecule has 0 bridgehead atoms. The third kappa shape index (κ3) is 2.32. The molecule has 104 valence electrons. The first-order valence-electron chi connectivity index (χ1n) is 6.67. The highest BCUT2D eigenvalue weighted by Gasteiger charge is 2.34. The number of para-hydroxylation sites is 1. The third-order valence-electron chi connectivity index (χ3n) is 3.83. The van der Waals surface area contributed by atoms with E-state index in [0.717, 1.165) is 19.3 Å². The molecule has 0 saturated heterocycles. The zero-order valence-corrected chi connectivity index (χ0v) is 11.0. The summed E-state index contributed by atoms with van der Waals surface area (Å²) in [5.74, 6) is -0.490. The van der Waals surface area contributed by atoms with Gasteiger partial charge >= 0.3 is 5.97 Å². The summed E-state index contributed by atoms with van der Waals surface area (Å²) in [6.07, 6.45) is 2.59. The molecule has 1 heterocycles. The highest BCUT2D eigenvalue weighted by Crippen LogP contribution is 2.31. The van der Waals surface area contributed by atoms with E-state index in [9.17, 15) is 15.0 Å². The standard InChI is InChI=1S/C15H16N2O3/c18-14(19)11-8-13(16-9-15(20)6-3-7-15)17-12-5-2-1-4-10(11)12/h1-2,4-5,8,20H,3,6-7,9H2,(H,16,17)(H,18,19). The maximum Gasteiger partial charge on any atom is 0.336 e. The van der Waals surface area contributed by atoms with Gasteiger partial charge in [0, 0.05) is 11.9 Å². The topological polar surface area (TPSA) is 82.5 Å². The van der Waals surface area contributed by atoms with Crippen LogP contribution in [-0.4, -0.2) is 33.3 Å². The van der Waals surface area contributed by atoms with Crippen molar-refractivity contribution in [3.05, 3.63) is 35.9 Å². The lowest BCUT2D eigenvalue weighted by Gasteiger charge is -2.36. The second-order valence-electron chi connectivity index (χ2n) is 5.31. The van der Waals surface area contributed by atoms with E-state index in [4.69, 9.17) is 0 Å². The maximum absolute atomic E-state index is 11.3. The second-order valence-corrected chi connectivity index (χ2v) is 5.31. The minimum atomic E-state index is -0.978. The highest BCUT2D eigenvalue weighted by atomic mass is 16.4. The molecule has 0 aliphatic heterocycles. The number of carboxylic acid groups (broad SMARTS) is 1. The molecule has 0 radical (unpaired) electrons. The van der Waals surface area contributed by atoms with Gasteiger partial charge in [-0.3, -0.25) is 0 Å².